The summed E-state index contributed by atoms with van der Waals surface area (Å²) < 4.78 is 29.0. The van der Waals surface area contributed by atoms with Crippen molar-refractivity contribution in [3.8, 4) is 0 Å². The maximum absolute atomic E-state index is 12.6. The van der Waals surface area contributed by atoms with Gasteiger partial charge in [-0.3, -0.25) is 0 Å². The van der Waals surface area contributed by atoms with Gasteiger partial charge in [0.2, 0.25) is 10.0 Å². The third-order valence-electron chi connectivity index (χ3n) is 4.04. The molecule has 0 aliphatic rings. The Hall–Kier alpha value is -0.700. The molecule has 0 aromatic heterocycles. The normalized spacial score (nSPS) is 11.9. The second kappa shape index (κ2) is 9.70. The van der Waals surface area contributed by atoms with Gasteiger partial charge in [0.25, 0.3) is 0 Å². The smallest absolute Gasteiger partial charge is 0.241 e. The molecule has 24 heavy (non-hydrogen) atoms. The third-order valence-corrected chi connectivity index (χ3v) is 6.50. The first kappa shape index (κ1) is 19.6. The van der Waals surface area contributed by atoms with E-state index in [9.17, 15) is 8.42 Å². The predicted octanol–water partition coefficient (Wildman–Crippen LogP) is 4.02. The third kappa shape index (κ3) is 5.40. The van der Waals surface area contributed by atoms with Crippen molar-refractivity contribution in [3.63, 3.8) is 0 Å². The molecule has 0 spiro atoms. The van der Waals surface area contributed by atoms with E-state index in [4.69, 9.17) is 5.73 Å². The first-order valence-corrected chi connectivity index (χ1v) is 11.0. The van der Waals surface area contributed by atoms with Crippen molar-refractivity contribution in [2.24, 2.45) is 5.73 Å². The van der Waals surface area contributed by atoms with E-state index in [1.165, 1.54) is 6.42 Å². The second-order valence-corrected chi connectivity index (χ2v) is 8.80. The quantitative estimate of drug-likeness (QED) is 0.416. The van der Waals surface area contributed by atoms with Crippen LogP contribution in [0.5, 0.6) is 0 Å². The van der Waals surface area contributed by atoms with Crippen molar-refractivity contribution in [2.45, 2.75) is 43.4 Å². The number of fused-ring (bicyclic) bond motifs is 1. The molecule has 0 saturated carbocycles. The Labute approximate surface area is 158 Å². The molecule has 2 aromatic carbocycles. The maximum Gasteiger partial charge on any atom is 0.241 e. The summed E-state index contributed by atoms with van der Waals surface area (Å²) in [4.78, 5) is 0.362. The van der Waals surface area contributed by atoms with Gasteiger partial charge >= 0.3 is 0 Å². The van der Waals surface area contributed by atoms with Crippen LogP contribution in [0.4, 0.5) is 0 Å². The minimum Gasteiger partial charge on any atom is -0.330 e. The number of hydrogen-bond acceptors (Lipinski definition) is 3. The summed E-state index contributed by atoms with van der Waals surface area (Å²) in [5.41, 5.74) is 5.47. The van der Waals surface area contributed by atoms with Gasteiger partial charge in [-0.25, -0.2) is 13.1 Å². The molecule has 2 rings (SSSR count). The zero-order chi connectivity index (χ0) is 17.4. The number of halogens is 1. The molecule has 0 radical (unpaired) electrons. The molecule has 4 nitrogen and oxygen atoms in total. The van der Waals surface area contributed by atoms with Crippen LogP contribution in [0.3, 0.4) is 0 Å². The first-order valence-electron chi connectivity index (χ1n) is 8.43. The molecule has 0 saturated heterocycles. The fourth-order valence-electron chi connectivity index (χ4n) is 2.74. The molecule has 3 N–H and O–H groups in total. The number of sulfonamides is 1. The van der Waals surface area contributed by atoms with E-state index >= 15 is 0 Å². The summed E-state index contributed by atoms with van der Waals surface area (Å²) in [6.45, 7) is 1.24. The van der Waals surface area contributed by atoms with Gasteiger partial charge in [-0.15, -0.1) is 0 Å². The summed E-state index contributed by atoms with van der Waals surface area (Å²) >= 11 is 2.23. The number of rotatable bonds is 10. The summed E-state index contributed by atoms with van der Waals surface area (Å²) in [6, 6.07) is 11.2. The number of hydrogen-bond donors (Lipinski definition) is 2. The van der Waals surface area contributed by atoms with E-state index in [0.29, 0.717) is 11.4 Å². The van der Waals surface area contributed by atoms with Gasteiger partial charge in [-0.2, -0.15) is 0 Å². The first-order chi connectivity index (χ1) is 11.6. The van der Waals surface area contributed by atoms with Gasteiger partial charge in [-0.05, 0) is 59.5 Å². The summed E-state index contributed by atoms with van der Waals surface area (Å²) in [5.74, 6) is 0. The highest BCUT2D eigenvalue weighted by Crippen LogP contribution is 2.26. The Bertz CT molecular complexity index is 763. The fraction of sp³-hybridized carbons (Fsp3) is 0.444. The lowest BCUT2D eigenvalue weighted by atomic mass is 10.1. The van der Waals surface area contributed by atoms with Crippen LogP contribution >= 0.6 is 22.6 Å². The van der Waals surface area contributed by atoms with Crippen LogP contribution in [0, 0.1) is 3.57 Å². The van der Waals surface area contributed by atoms with Crippen molar-refractivity contribution in [2.75, 3.05) is 13.1 Å². The second-order valence-electron chi connectivity index (χ2n) is 5.90. The molecule has 0 aliphatic carbocycles. The van der Waals surface area contributed by atoms with E-state index in [2.05, 4.69) is 27.3 Å². The average Bonchev–Trinajstić information content (AvgIpc) is 2.57. The number of nitrogens with two attached hydrogens (primary N) is 1. The molecular formula is C18H25IN2O2S. The summed E-state index contributed by atoms with van der Waals surface area (Å²) in [5, 5.41) is 1.75. The molecule has 2 aromatic rings. The van der Waals surface area contributed by atoms with E-state index < -0.39 is 10.0 Å². The Kier molecular flexibility index (Phi) is 7.93. The average molecular weight is 460 g/mol. The zero-order valence-electron chi connectivity index (χ0n) is 13.8. The number of nitrogens with one attached hydrogen (secondary N) is 1. The molecular weight excluding hydrogens is 435 g/mol. The molecule has 0 aliphatic heterocycles. The largest absolute Gasteiger partial charge is 0.330 e. The van der Waals surface area contributed by atoms with E-state index in [1.54, 1.807) is 12.1 Å². The lowest BCUT2D eigenvalue weighted by Crippen LogP contribution is -2.25. The van der Waals surface area contributed by atoms with Gasteiger partial charge < -0.3 is 5.73 Å². The predicted molar refractivity (Wildman–Crippen MR) is 109 cm³/mol. The molecule has 0 atom stereocenters. The highest BCUT2D eigenvalue weighted by molar-refractivity contribution is 14.1. The maximum atomic E-state index is 12.6. The van der Waals surface area contributed by atoms with Gasteiger partial charge in [0.1, 0.15) is 0 Å². The van der Waals surface area contributed by atoms with Crippen molar-refractivity contribution in [1.82, 2.24) is 4.72 Å². The van der Waals surface area contributed by atoms with Gasteiger partial charge in [0, 0.05) is 15.5 Å². The van der Waals surface area contributed by atoms with E-state index in [0.717, 1.165) is 53.0 Å². The molecule has 0 heterocycles. The molecule has 132 valence electrons. The van der Waals surface area contributed by atoms with Crippen LogP contribution in [0.2, 0.25) is 0 Å². The highest BCUT2D eigenvalue weighted by atomic mass is 127. The van der Waals surface area contributed by atoms with Gasteiger partial charge in [0.15, 0.2) is 0 Å². The van der Waals surface area contributed by atoms with Crippen molar-refractivity contribution in [1.29, 1.82) is 0 Å². The molecule has 0 fully saturated rings. The Morgan fingerprint density at radius 2 is 1.50 bits per heavy atom. The number of unbranched alkanes of at least 4 members (excludes halogenated alkanes) is 5. The number of benzene rings is 2. The molecule has 0 unspecified atom stereocenters. The fourth-order valence-corrected chi connectivity index (χ4v) is 4.71. The Balaban J connectivity index is 1.93. The van der Waals surface area contributed by atoms with Crippen LogP contribution in [-0.2, 0) is 10.0 Å². The van der Waals surface area contributed by atoms with Crippen LogP contribution in [0.25, 0.3) is 10.8 Å². The lowest BCUT2D eigenvalue weighted by Gasteiger charge is -2.10. The van der Waals surface area contributed by atoms with Crippen LogP contribution < -0.4 is 10.5 Å². The van der Waals surface area contributed by atoms with Crippen LogP contribution in [0.15, 0.2) is 41.3 Å². The topological polar surface area (TPSA) is 72.2 Å². The minimum atomic E-state index is -3.47. The Morgan fingerprint density at radius 1 is 0.875 bits per heavy atom. The Morgan fingerprint density at radius 3 is 2.25 bits per heavy atom. The van der Waals surface area contributed by atoms with Crippen LogP contribution in [0.1, 0.15) is 38.5 Å². The van der Waals surface area contributed by atoms with Gasteiger partial charge in [-0.1, -0.05) is 49.9 Å². The van der Waals surface area contributed by atoms with Crippen LogP contribution in [-0.4, -0.2) is 21.5 Å². The van der Waals surface area contributed by atoms with E-state index in [-0.39, 0.29) is 0 Å². The molecule has 6 heteroatoms. The molecule has 0 amide bonds. The minimum absolute atomic E-state index is 0.362. The molecule has 0 bridgehead atoms. The SMILES string of the molecule is NCCCCCCCCNS(=O)(=O)c1cccc2c(I)cccc12. The summed E-state index contributed by atoms with van der Waals surface area (Å²) in [6.07, 6.45) is 6.45. The zero-order valence-corrected chi connectivity index (χ0v) is 16.8. The van der Waals surface area contributed by atoms with Crippen molar-refractivity contribution >= 4 is 43.4 Å². The van der Waals surface area contributed by atoms with E-state index in [1.807, 2.05) is 24.3 Å². The standard InChI is InChI=1S/C18H25IN2O2S/c19-17-11-7-10-16-15(17)9-8-12-18(16)24(22,23)21-14-6-4-2-1-3-5-13-20/h7-12,21H,1-6,13-14,20H2. The highest BCUT2D eigenvalue weighted by Gasteiger charge is 2.17. The summed E-state index contributed by atoms with van der Waals surface area (Å²) in [7, 11) is -3.47. The van der Waals surface area contributed by atoms with Gasteiger partial charge in [0.05, 0.1) is 4.90 Å². The lowest BCUT2D eigenvalue weighted by molar-refractivity contribution is 0.566. The monoisotopic (exact) mass is 460 g/mol. The van der Waals surface area contributed by atoms with Crippen molar-refractivity contribution < 1.29 is 8.42 Å². The van der Waals surface area contributed by atoms with Crippen molar-refractivity contribution in [3.05, 3.63) is 40.0 Å².